The Morgan fingerprint density at radius 3 is 2.19 bits per heavy atom. The number of piperidine rings is 1. The molecule has 0 saturated carbocycles. The minimum atomic E-state index is -4.38. The van der Waals surface area contributed by atoms with Gasteiger partial charge in [0.15, 0.2) is 6.61 Å². The number of rotatable bonds is 5. The molecular formula is C21H25ClF3N3O3. The summed E-state index contributed by atoms with van der Waals surface area (Å²) in [5.41, 5.74) is 0.648. The van der Waals surface area contributed by atoms with E-state index < -0.39 is 12.8 Å². The average molecular weight is 460 g/mol. The highest BCUT2D eigenvalue weighted by Crippen LogP contribution is 2.30. The van der Waals surface area contributed by atoms with Crippen LogP contribution in [0.5, 0.6) is 5.75 Å². The van der Waals surface area contributed by atoms with Gasteiger partial charge in [-0.3, -0.25) is 19.4 Å². The van der Waals surface area contributed by atoms with Crippen molar-refractivity contribution >= 4 is 29.9 Å². The standard InChI is InChI=1S/C21H24F3N3O3.ClH/c22-21(23,24)16-30-18-7-2-1-6-17(18)26-14-12-25(13-15-26)10-3-4-11-27-19(28)8-5-9-20(27)29;/h1-2,6-7H,5,8-16H2;1H. The van der Waals surface area contributed by atoms with Gasteiger partial charge in [0, 0.05) is 39.0 Å². The quantitative estimate of drug-likeness (QED) is 0.500. The maximum atomic E-state index is 12.5. The monoisotopic (exact) mass is 459 g/mol. The van der Waals surface area contributed by atoms with Crippen LogP contribution in [0.4, 0.5) is 18.9 Å². The van der Waals surface area contributed by atoms with Gasteiger partial charge in [-0.15, -0.1) is 12.4 Å². The predicted octanol–water partition coefficient (Wildman–Crippen LogP) is 2.71. The lowest BCUT2D eigenvalue weighted by atomic mass is 10.1. The topological polar surface area (TPSA) is 53.1 Å². The van der Waals surface area contributed by atoms with Crippen LogP contribution in [0.1, 0.15) is 19.3 Å². The Labute approximate surface area is 185 Å². The summed E-state index contributed by atoms with van der Waals surface area (Å²) in [4.78, 5) is 28.8. The van der Waals surface area contributed by atoms with Crippen LogP contribution in [0.15, 0.2) is 24.3 Å². The Kier molecular flexibility index (Phi) is 9.01. The number of carbonyl (C=O) groups is 2. The molecule has 2 saturated heterocycles. The van der Waals surface area contributed by atoms with Gasteiger partial charge in [0.2, 0.25) is 11.8 Å². The normalized spacial score (nSPS) is 17.6. The first-order valence-electron chi connectivity index (χ1n) is 9.88. The third-order valence-electron chi connectivity index (χ3n) is 5.02. The van der Waals surface area contributed by atoms with Gasteiger partial charge in [0.25, 0.3) is 0 Å². The number of ether oxygens (including phenoxy) is 1. The maximum absolute atomic E-state index is 12.5. The third kappa shape index (κ3) is 7.33. The van der Waals surface area contributed by atoms with Crippen molar-refractivity contribution in [1.29, 1.82) is 0 Å². The highest BCUT2D eigenvalue weighted by atomic mass is 35.5. The second-order valence-corrected chi connectivity index (χ2v) is 7.22. The van der Waals surface area contributed by atoms with E-state index in [0.29, 0.717) is 57.7 Å². The largest absolute Gasteiger partial charge is 0.482 e. The van der Waals surface area contributed by atoms with E-state index in [9.17, 15) is 22.8 Å². The molecule has 0 N–H and O–H groups in total. The van der Waals surface area contributed by atoms with Gasteiger partial charge >= 0.3 is 6.18 Å². The van der Waals surface area contributed by atoms with Gasteiger partial charge in [-0.05, 0) is 18.6 Å². The fourth-order valence-corrected chi connectivity index (χ4v) is 3.43. The van der Waals surface area contributed by atoms with Crippen LogP contribution in [0, 0.1) is 11.8 Å². The van der Waals surface area contributed by atoms with Gasteiger partial charge in [0.1, 0.15) is 5.75 Å². The molecule has 10 heteroatoms. The van der Waals surface area contributed by atoms with Crippen molar-refractivity contribution in [3.63, 3.8) is 0 Å². The van der Waals surface area contributed by atoms with E-state index in [1.54, 1.807) is 24.3 Å². The lowest BCUT2D eigenvalue weighted by molar-refractivity contribution is -0.153. The summed E-state index contributed by atoms with van der Waals surface area (Å²) < 4.78 is 42.4. The third-order valence-corrected chi connectivity index (χ3v) is 5.02. The maximum Gasteiger partial charge on any atom is 0.422 e. The number of nitrogens with zero attached hydrogens (tertiary/aromatic N) is 3. The number of imide groups is 1. The second-order valence-electron chi connectivity index (χ2n) is 7.22. The summed E-state index contributed by atoms with van der Waals surface area (Å²) in [6, 6.07) is 6.73. The number of benzene rings is 1. The minimum Gasteiger partial charge on any atom is -0.482 e. The fraction of sp³-hybridized carbons (Fsp3) is 0.524. The number of anilines is 1. The van der Waals surface area contributed by atoms with Crippen molar-refractivity contribution < 1.29 is 27.5 Å². The Morgan fingerprint density at radius 2 is 1.55 bits per heavy atom. The van der Waals surface area contributed by atoms with Crippen molar-refractivity contribution in [3.05, 3.63) is 24.3 Å². The van der Waals surface area contributed by atoms with Crippen LogP contribution in [0.25, 0.3) is 0 Å². The molecule has 0 atom stereocenters. The van der Waals surface area contributed by atoms with Crippen LogP contribution in [0.3, 0.4) is 0 Å². The van der Waals surface area contributed by atoms with E-state index in [0.717, 1.165) is 0 Å². The number of likely N-dealkylation sites (tertiary alicyclic amines) is 1. The molecule has 0 bridgehead atoms. The first kappa shape index (κ1) is 24.8. The van der Waals surface area contributed by atoms with Crippen LogP contribution in [-0.4, -0.2) is 73.7 Å². The lowest BCUT2D eigenvalue weighted by Crippen LogP contribution is -2.46. The molecule has 0 spiro atoms. The van der Waals surface area contributed by atoms with Gasteiger partial charge in [-0.25, -0.2) is 0 Å². The van der Waals surface area contributed by atoms with E-state index in [1.165, 1.54) is 4.90 Å². The van der Waals surface area contributed by atoms with E-state index in [2.05, 4.69) is 16.7 Å². The summed E-state index contributed by atoms with van der Waals surface area (Å²) in [7, 11) is 0. The molecule has 2 amide bonds. The van der Waals surface area contributed by atoms with Crippen LogP contribution >= 0.6 is 12.4 Å². The Hall–Kier alpha value is -2.44. The number of piperazine rings is 1. The lowest BCUT2D eigenvalue weighted by Gasteiger charge is -2.36. The number of amides is 2. The van der Waals surface area contributed by atoms with Crippen molar-refractivity contribution in [2.24, 2.45) is 0 Å². The Bertz CT molecular complexity index is 814. The first-order chi connectivity index (χ1) is 14.3. The van der Waals surface area contributed by atoms with E-state index in [1.807, 2.05) is 4.90 Å². The molecule has 2 heterocycles. The van der Waals surface area contributed by atoms with Gasteiger partial charge in [-0.1, -0.05) is 24.0 Å². The molecule has 2 fully saturated rings. The van der Waals surface area contributed by atoms with Crippen LogP contribution in [0.2, 0.25) is 0 Å². The van der Waals surface area contributed by atoms with E-state index >= 15 is 0 Å². The molecule has 2 aliphatic rings. The summed E-state index contributed by atoms with van der Waals surface area (Å²) in [5, 5.41) is 0. The highest BCUT2D eigenvalue weighted by Gasteiger charge is 2.29. The number of halogens is 4. The van der Waals surface area contributed by atoms with Gasteiger partial charge in [0.05, 0.1) is 18.8 Å². The highest BCUT2D eigenvalue weighted by molar-refractivity contribution is 5.97. The molecule has 3 rings (SSSR count). The summed E-state index contributed by atoms with van der Waals surface area (Å²) in [6.45, 7) is 1.99. The molecule has 2 aliphatic heterocycles. The van der Waals surface area contributed by atoms with Gasteiger partial charge in [-0.2, -0.15) is 13.2 Å². The van der Waals surface area contributed by atoms with Gasteiger partial charge < -0.3 is 9.64 Å². The zero-order valence-corrected chi connectivity index (χ0v) is 17.8. The second kappa shape index (κ2) is 11.3. The van der Waals surface area contributed by atoms with E-state index in [-0.39, 0.29) is 36.5 Å². The molecule has 1 aromatic carbocycles. The van der Waals surface area contributed by atoms with Crippen molar-refractivity contribution in [2.45, 2.75) is 25.4 Å². The SMILES string of the molecule is Cl.O=C1CCCC(=O)N1CC#CCN1CCN(c2ccccc2OCC(F)(F)F)CC1. The average Bonchev–Trinajstić information content (AvgIpc) is 2.71. The zero-order valence-electron chi connectivity index (χ0n) is 17.0. The van der Waals surface area contributed by atoms with Crippen molar-refractivity contribution in [2.75, 3.05) is 50.8 Å². The number of para-hydroxylation sites is 2. The summed E-state index contributed by atoms with van der Waals surface area (Å²) in [5.74, 6) is 5.80. The van der Waals surface area contributed by atoms with Crippen molar-refractivity contribution in [1.82, 2.24) is 9.80 Å². The Balaban J connectivity index is 0.00000341. The van der Waals surface area contributed by atoms with Crippen LogP contribution in [-0.2, 0) is 9.59 Å². The zero-order chi connectivity index (χ0) is 21.6. The number of alkyl halides is 3. The molecule has 0 aliphatic carbocycles. The smallest absolute Gasteiger partial charge is 0.422 e. The molecule has 6 nitrogen and oxygen atoms in total. The molecule has 170 valence electrons. The van der Waals surface area contributed by atoms with Crippen molar-refractivity contribution in [3.8, 4) is 17.6 Å². The Morgan fingerprint density at radius 1 is 0.935 bits per heavy atom. The fourth-order valence-electron chi connectivity index (χ4n) is 3.43. The predicted molar refractivity (Wildman–Crippen MR) is 112 cm³/mol. The summed E-state index contributed by atoms with van der Waals surface area (Å²) >= 11 is 0. The number of hydrogen-bond acceptors (Lipinski definition) is 5. The summed E-state index contributed by atoms with van der Waals surface area (Å²) in [6.07, 6.45) is -2.99. The molecule has 31 heavy (non-hydrogen) atoms. The number of carbonyl (C=O) groups excluding carboxylic acids is 2. The number of hydrogen-bond donors (Lipinski definition) is 0. The van der Waals surface area contributed by atoms with E-state index in [4.69, 9.17) is 4.74 Å². The molecule has 0 unspecified atom stereocenters. The molecular weight excluding hydrogens is 435 g/mol. The molecule has 0 aromatic heterocycles. The first-order valence-corrected chi connectivity index (χ1v) is 9.88. The molecule has 1 aromatic rings. The molecule has 0 radical (unpaired) electrons. The van der Waals surface area contributed by atoms with Crippen LogP contribution < -0.4 is 9.64 Å². The minimum absolute atomic E-state index is 0.